The van der Waals surface area contributed by atoms with E-state index in [0.29, 0.717) is 12.0 Å². The van der Waals surface area contributed by atoms with E-state index in [1.807, 2.05) is 0 Å². The second kappa shape index (κ2) is 11.8. The minimum absolute atomic E-state index is 0.159. The second-order valence-electron chi connectivity index (χ2n) is 10.2. The third kappa shape index (κ3) is 7.75. The van der Waals surface area contributed by atoms with E-state index in [2.05, 4.69) is 20.0 Å². The number of pyridine rings is 2. The van der Waals surface area contributed by atoms with E-state index in [1.54, 1.807) is 57.2 Å². The zero-order valence-electron chi connectivity index (χ0n) is 22.7. The molecule has 1 aromatic carbocycles. The van der Waals surface area contributed by atoms with Gasteiger partial charge < -0.3 is 15.0 Å². The van der Waals surface area contributed by atoms with Crippen LogP contribution in [0.1, 0.15) is 38.3 Å². The molecule has 0 fully saturated rings. The van der Waals surface area contributed by atoms with Gasteiger partial charge in [-0.05, 0) is 57.0 Å². The number of anilines is 2. The first kappa shape index (κ1) is 29.8. The quantitative estimate of drug-likeness (QED) is 0.329. The van der Waals surface area contributed by atoms with E-state index in [9.17, 15) is 26.4 Å². The minimum atomic E-state index is -4.75. The highest BCUT2D eigenvalue weighted by Gasteiger charge is 2.35. The molecule has 1 amide bonds. The maximum atomic E-state index is 14.0. The van der Waals surface area contributed by atoms with Crippen LogP contribution in [0.2, 0.25) is 0 Å². The van der Waals surface area contributed by atoms with Crippen LogP contribution in [0.3, 0.4) is 0 Å². The van der Waals surface area contributed by atoms with Crippen LogP contribution in [-0.4, -0.2) is 54.6 Å². The van der Waals surface area contributed by atoms with Crippen molar-refractivity contribution in [2.75, 3.05) is 29.7 Å². The number of nitrogens with one attached hydrogen (secondary N) is 2. The molecule has 0 aliphatic carbocycles. The number of hydrogen-bond acceptors (Lipinski definition) is 7. The molecule has 3 heterocycles. The average molecular weight is 590 g/mol. The Balaban J connectivity index is 1.81. The van der Waals surface area contributed by atoms with Crippen molar-refractivity contribution in [3.8, 4) is 11.3 Å². The molecule has 3 aromatic rings. The summed E-state index contributed by atoms with van der Waals surface area (Å²) in [7, 11) is -4.31. The lowest BCUT2D eigenvalue weighted by atomic mass is 9.99. The highest BCUT2D eigenvalue weighted by atomic mass is 32.2. The summed E-state index contributed by atoms with van der Waals surface area (Å²) < 4.78 is 76.1. The van der Waals surface area contributed by atoms with Gasteiger partial charge in [0.15, 0.2) is 5.03 Å². The number of fused-ring (bicyclic) bond motifs is 6. The highest BCUT2D eigenvalue weighted by Crippen LogP contribution is 2.38. The fourth-order valence-electron chi connectivity index (χ4n) is 4.04. The molecule has 218 valence electrons. The first-order valence-corrected chi connectivity index (χ1v) is 14.3. The Bertz CT molecular complexity index is 1550. The molecule has 0 unspecified atom stereocenters. The number of rotatable bonds is 0. The van der Waals surface area contributed by atoms with Crippen LogP contribution < -0.4 is 10.0 Å². The summed E-state index contributed by atoms with van der Waals surface area (Å²) in [5.41, 5.74) is -1.58. The van der Waals surface area contributed by atoms with Crippen molar-refractivity contribution < 1.29 is 31.1 Å². The number of sulfonamides is 1. The number of hydrogen-bond donors (Lipinski definition) is 2. The average Bonchev–Trinajstić information content (AvgIpc) is 2.88. The summed E-state index contributed by atoms with van der Waals surface area (Å²) in [6, 6.07) is 12.4. The number of benzene rings is 1. The van der Waals surface area contributed by atoms with Crippen LogP contribution in [0.4, 0.5) is 29.6 Å². The topological polar surface area (TPSA) is 114 Å². The summed E-state index contributed by atoms with van der Waals surface area (Å²) in [5.74, 6) is -0.0610. The molecule has 0 saturated heterocycles. The fraction of sp³-hybridized carbons (Fsp3) is 0.321. The van der Waals surface area contributed by atoms with E-state index in [0.717, 1.165) is 12.1 Å². The Morgan fingerprint density at radius 2 is 1.71 bits per heavy atom. The lowest BCUT2D eigenvalue weighted by Crippen LogP contribution is -2.39. The van der Waals surface area contributed by atoms with Gasteiger partial charge in [-0.25, -0.2) is 14.8 Å². The summed E-state index contributed by atoms with van der Waals surface area (Å²) in [6.45, 7) is 6.00. The fourth-order valence-corrected chi connectivity index (χ4v) is 5.01. The van der Waals surface area contributed by atoms with Crippen LogP contribution >= 0.6 is 0 Å². The van der Waals surface area contributed by atoms with Crippen molar-refractivity contribution in [2.24, 2.45) is 0 Å². The lowest BCUT2D eigenvalue weighted by Gasteiger charge is -2.27. The van der Waals surface area contributed by atoms with Gasteiger partial charge in [-0.15, -0.1) is 0 Å². The second-order valence-corrected chi connectivity index (χ2v) is 11.9. The van der Waals surface area contributed by atoms with Crippen LogP contribution in [0, 0.1) is 0 Å². The SMILES string of the molecule is CC(C)(C)OC(=O)N1CCC=Cc2ccccc2-c2nc(ccc2C(F)(F)F)NS(=O)(=O)c2cccc(n2)NCC1. The van der Waals surface area contributed by atoms with Gasteiger partial charge in [0.1, 0.15) is 17.2 Å². The smallest absolute Gasteiger partial charge is 0.418 e. The third-order valence-corrected chi connectivity index (χ3v) is 7.11. The molecular formula is C28H30F3N5O4S. The molecule has 0 saturated carbocycles. The number of aromatic nitrogens is 2. The maximum absolute atomic E-state index is 14.0. The predicted molar refractivity (Wildman–Crippen MR) is 150 cm³/mol. The Labute approximate surface area is 236 Å². The molecule has 13 heteroatoms. The molecule has 4 bridgehead atoms. The highest BCUT2D eigenvalue weighted by molar-refractivity contribution is 7.92. The molecule has 1 aliphatic heterocycles. The largest absolute Gasteiger partial charge is 0.444 e. The van der Waals surface area contributed by atoms with Gasteiger partial charge in [-0.3, -0.25) is 4.72 Å². The van der Waals surface area contributed by atoms with E-state index in [-0.39, 0.29) is 41.9 Å². The van der Waals surface area contributed by atoms with Crippen molar-refractivity contribution >= 4 is 33.8 Å². The normalized spacial score (nSPS) is 15.9. The maximum Gasteiger partial charge on any atom is 0.418 e. The molecular weight excluding hydrogens is 559 g/mol. The summed E-state index contributed by atoms with van der Waals surface area (Å²) >= 11 is 0. The first-order chi connectivity index (χ1) is 19.2. The number of amides is 1. The van der Waals surface area contributed by atoms with E-state index in [4.69, 9.17) is 4.74 Å². The van der Waals surface area contributed by atoms with E-state index >= 15 is 0 Å². The lowest BCUT2D eigenvalue weighted by molar-refractivity contribution is -0.137. The van der Waals surface area contributed by atoms with Gasteiger partial charge in [0.2, 0.25) is 0 Å². The van der Waals surface area contributed by atoms with Gasteiger partial charge in [0, 0.05) is 25.2 Å². The Morgan fingerprint density at radius 1 is 0.951 bits per heavy atom. The molecule has 2 N–H and O–H groups in total. The van der Waals surface area contributed by atoms with Crippen LogP contribution in [-0.2, 0) is 20.9 Å². The molecule has 0 atom stereocenters. The molecule has 41 heavy (non-hydrogen) atoms. The van der Waals surface area contributed by atoms with Crippen LogP contribution in [0.5, 0.6) is 0 Å². The van der Waals surface area contributed by atoms with Gasteiger partial charge in [0.25, 0.3) is 10.0 Å². The molecule has 4 rings (SSSR count). The number of halogens is 3. The van der Waals surface area contributed by atoms with Gasteiger partial charge in [-0.1, -0.05) is 42.5 Å². The molecule has 0 spiro atoms. The molecule has 9 nitrogen and oxygen atoms in total. The number of ether oxygens (including phenoxy) is 1. The minimum Gasteiger partial charge on any atom is -0.444 e. The van der Waals surface area contributed by atoms with Gasteiger partial charge >= 0.3 is 12.3 Å². The Kier molecular flexibility index (Phi) is 8.57. The molecule has 0 radical (unpaired) electrons. The summed E-state index contributed by atoms with van der Waals surface area (Å²) in [6.07, 6.45) is -1.49. The standard InChI is InChI=1S/C28H30F3N5O4S/c1-27(2,3)40-26(37)36-17-7-6-10-19-9-4-5-11-20(19)25-21(28(29,30)31)14-15-23(34-25)35-41(38,39)24-13-8-12-22(33-24)32-16-18-36/h4-6,8-15H,7,16-18H2,1-3H3,(H,32,33)(H,34,35). The molecule has 1 aliphatic rings. The van der Waals surface area contributed by atoms with Gasteiger partial charge in [-0.2, -0.15) is 21.6 Å². The van der Waals surface area contributed by atoms with E-state index < -0.39 is 39.2 Å². The Morgan fingerprint density at radius 3 is 2.44 bits per heavy atom. The van der Waals surface area contributed by atoms with Crippen molar-refractivity contribution in [3.05, 3.63) is 71.8 Å². The van der Waals surface area contributed by atoms with Crippen molar-refractivity contribution in [3.63, 3.8) is 0 Å². The zero-order valence-corrected chi connectivity index (χ0v) is 23.5. The van der Waals surface area contributed by atoms with Gasteiger partial charge in [0.05, 0.1) is 11.3 Å². The van der Waals surface area contributed by atoms with E-state index in [1.165, 1.54) is 23.1 Å². The van der Waals surface area contributed by atoms with Crippen LogP contribution in [0.15, 0.2) is 65.7 Å². The van der Waals surface area contributed by atoms with Crippen molar-refractivity contribution in [1.82, 2.24) is 14.9 Å². The number of carbonyl (C=O) groups excluding carboxylic acids is 1. The zero-order chi connectivity index (χ0) is 29.8. The predicted octanol–water partition coefficient (Wildman–Crippen LogP) is 6.03. The number of nitrogens with zero attached hydrogens (tertiary/aromatic N) is 3. The van der Waals surface area contributed by atoms with Crippen molar-refractivity contribution in [2.45, 2.75) is 44.0 Å². The summed E-state index contributed by atoms with van der Waals surface area (Å²) in [5, 5.41) is 2.64. The van der Waals surface area contributed by atoms with Crippen molar-refractivity contribution in [1.29, 1.82) is 0 Å². The summed E-state index contributed by atoms with van der Waals surface area (Å²) in [4.78, 5) is 22.6. The number of alkyl halides is 3. The van der Waals surface area contributed by atoms with Crippen LogP contribution in [0.25, 0.3) is 17.3 Å². The third-order valence-electron chi connectivity index (χ3n) is 5.86. The molecule has 2 aromatic heterocycles. The monoisotopic (exact) mass is 589 g/mol. The number of carbonyl (C=O) groups is 1. The Hall–Kier alpha value is -4.13. The first-order valence-electron chi connectivity index (χ1n) is 12.8.